The molecule has 0 saturated carbocycles. The Morgan fingerprint density at radius 2 is 1.76 bits per heavy atom. The zero-order valence-electron chi connectivity index (χ0n) is 14.1. The topological polar surface area (TPSA) is 91.8 Å². The minimum Gasteiger partial charge on any atom is -0.338 e. The predicted molar refractivity (Wildman–Crippen MR) is 93.6 cm³/mol. The highest BCUT2D eigenvalue weighted by atomic mass is 32.2. The fraction of sp³-hybridized carbons (Fsp3) is 0.562. The van der Waals surface area contributed by atoms with Gasteiger partial charge in [-0.25, -0.2) is 16.8 Å². The lowest BCUT2D eigenvalue weighted by Gasteiger charge is -2.23. The van der Waals surface area contributed by atoms with Gasteiger partial charge in [0.15, 0.2) is 9.84 Å². The molecule has 9 heteroatoms. The largest absolute Gasteiger partial charge is 0.338 e. The van der Waals surface area contributed by atoms with Gasteiger partial charge in [0, 0.05) is 31.7 Å². The molecule has 2 aliphatic rings. The molecule has 2 saturated heterocycles. The maximum absolute atomic E-state index is 12.5. The predicted octanol–water partition coefficient (Wildman–Crippen LogP) is 0.730. The van der Waals surface area contributed by atoms with Crippen molar-refractivity contribution in [1.29, 1.82) is 0 Å². The number of amides is 1. The van der Waals surface area contributed by atoms with Crippen molar-refractivity contribution in [2.75, 3.05) is 31.6 Å². The van der Waals surface area contributed by atoms with E-state index in [-0.39, 0.29) is 28.4 Å². The van der Waals surface area contributed by atoms with Crippen LogP contribution < -0.4 is 0 Å². The molecule has 138 valence electrons. The summed E-state index contributed by atoms with van der Waals surface area (Å²) in [4.78, 5) is 14.1. The smallest absolute Gasteiger partial charge is 0.253 e. The summed E-state index contributed by atoms with van der Waals surface area (Å²) >= 11 is 0. The molecule has 25 heavy (non-hydrogen) atoms. The van der Waals surface area contributed by atoms with Crippen molar-refractivity contribution in [2.45, 2.75) is 30.2 Å². The molecule has 0 radical (unpaired) electrons. The highest BCUT2D eigenvalue weighted by Gasteiger charge is 2.33. The van der Waals surface area contributed by atoms with Crippen LogP contribution in [0.2, 0.25) is 0 Å². The van der Waals surface area contributed by atoms with Gasteiger partial charge in [-0.2, -0.15) is 4.31 Å². The molecule has 0 aromatic heterocycles. The number of sulfonamides is 1. The number of hydrogen-bond acceptors (Lipinski definition) is 5. The zero-order valence-corrected chi connectivity index (χ0v) is 15.7. The van der Waals surface area contributed by atoms with Crippen molar-refractivity contribution in [3.05, 3.63) is 29.8 Å². The Labute approximate surface area is 148 Å². The molecule has 1 atom stereocenters. The molecule has 1 amide bonds. The molecular formula is C16H22N2O5S2. The molecule has 0 aliphatic carbocycles. The van der Waals surface area contributed by atoms with Crippen molar-refractivity contribution in [2.24, 2.45) is 0 Å². The van der Waals surface area contributed by atoms with Crippen LogP contribution in [0, 0.1) is 0 Å². The van der Waals surface area contributed by atoms with Crippen molar-refractivity contribution in [3.63, 3.8) is 0 Å². The molecular weight excluding hydrogens is 364 g/mol. The average Bonchev–Trinajstić information content (AvgIpc) is 3.23. The normalized spacial score (nSPS) is 23.6. The van der Waals surface area contributed by atoms with Crippen molar-refractivity contribution < 1.29 is 21.6 Å². The number of carbonyl (C=O) groups is 1. The second-order valence-electron chi connectivity index (χ2n) is 6.61. The Bertz CT molecular complexity index is 856. The van der Waals surface area contributed by atoms with Gasteiger partial charge in [-0.05, 0) is 43.5 Å². The second-order valence-corrected chi connectivity index (χ2v) is 10.8. The average molecular weight is 386 g/mol. The monoisotopic (exact) mass is 386 g/mol. The fourth-order valence-corrected chi connectivity index (χ4v) is 6.59. The van der Waals surface area contributed by atoms with E-state index in [0.29, 0.717) is 25.1 Å². The van der Waals surface area contributed by atoms with Gasteiger partial charge in [0.05, 0.1) is 16.4 Å². The van der Waals surface area contributed by atoms with Gasteiger partial charge in [0.2, 0.25) is 10.0 Å². The molecule has 2 heterocycles. The van der Waals surface area contributed by atoms with Crippen LogP contribution in [-0.4, -0.2) is 69.6 Å². The Morgan fingerprint density at radius 1 is 1.16 bits per heavy atom. The van der Waals surface area contributed by atoms with Crippen LogP contribution in [0.1, 0.15) is 29.6 Å². The van der Waals surface area contributed by atoms with E-state index in [4.69, 9.17) is 0 Å². The Hall–Kier alpha value is -1.45. The minimum atomic E-state index is -3.50. The summed E-state index contributed by atoms with van der Waals surface area (Å²) in [5, 5.41) is 0. The van der Waals surface area contributed by atoms with E-state index in [0.717, 1.165) is 12.8 Å². The third-order valence-electron chi connectivity index (χ3n) is 4.88. The van der Waals surface area contributed by atoms with Gasteiger partial charge < -0.3 is 4.90 Å². The van der Waals surface area contributed by atoms with Crippen LogP contribution in [-0.2, 0) is 19.9 Å². The summed E-state index contributed by atoms with van der Waals surface area (Å²) in [7, 11) is -4.99. The number of nitrogens with zero attached hydrogens (tertiary/aromatic N) is 2. The van der Waals surface area contributed by atoms with Crippen LogP contribution in [0.15, 0.2) is 29.2 Å². The van der Waals surface area contributed by atoms with Gasteiger partial charge >= 0.3 is 0 Å². The second kappa shape index (κ2) is 6.69. The van der Waals surface area contributed by atoms with Crippen LogP contribution in [0.25, 0.3) is 0 Å². The molecule has 3 rings (SSSR count). The highest BCUT2D eigenvalue weighted by Crippen LogP contribution is 2.22. The quantitative estimate of drug-likeness (QED) is 0.761. The molecule has 1 aromatic carbocycles. The maximum atomic E-state index is 12.5. The number of carbonyl (C=O) groups excluding carboxylic acids is 1. The number of hydrogen-bond donors (Lipinski definition) is 0. The molecule has 0 unspecified atom stereocenters. The SMILES string of the molecule is CN(C(=O)c1ccc(S(=O)(=O)N2CCCC2)cc1)[C@H]1CCS(=O)(=O)C1. The molecule has 1 aromatic rings. The summed E-state index contributed by atoms with van der Waals surface area (Å²) in [5.74, 6) is -0.217. The van der Waals surface area contributed by atoms with Crippen molar-refractivity contribution in [3.8, 4) is 0 Å². The van der Waals surface area contributed by atoms with Gasteiger partial charge in [0.25, 0.3) is 5.91 Å². The van der Waals surface area contributed by atoms with Crippen LogP contribution >= 0.6 is 0 Å². The number of rotatable bonds is 4. The molecule has 0 bridgehead atoms. The Morgan fingerprint density at radius 3 is 2.28 bits per heavy atom. The standard InChI is InChI=1S/C16H22N2O5S2/c1-17(14-8-11-24(20,21)12-14)16(19)13-4-6-15(7-5-13)25(22,23)18-9-2-3-10-18/h4-7,14H,2-3,8-12H2,1H3/t14-/m0/s1. The first kappa shape index (κ1) is 18.3. The summed E-state index contributed by atoms with van der Waals surface area (Å²) in [6.07, 6.45) is 2.17. The summed E-state index contributed by atoms with van der Waals surface area (Å²) < 4.78 is 49.6. The van der Waals surface area contributed by atoms with E-state index in [1.165, 1.54) is 33.5 Å². The Kier molecular flexibility index (Phi) is 4.91. The minimum absolute atomic E-state index is 0.0172. The Balaban J connectivity index is 1.74. The van der Waals surface area contributed by atoms with E-state index in [9.17, 15) is 21.6 Å². The molecule has 2 aliphatic heterocycles. The summed E-state index contributed by atoms with van der Waals surface area (Å²) in [5.41, 5.74) is 0.354. The van der Waals surface area contributed by atoms with E-state index in [1.54, 1.807) is 7.05 Å². The first-order valence-corrected chi connectivity index (χ1v) is 11.5. The zero-order chi connectivity index (χ0) is 18.2. The third kappa shape index (κ3) is 3.73. The van der Waals surface area contributed by atoms with Crippen molar-refractivity contribution in [1.82, 2.24) is 9.21 Å². The molecule has 2 fully saturated rings. The number of benzene rings is 1. The lowest BCUT2D eigenvalue weighted by Crippen LogP contribution is -2.37. The highest BCUT2D eigenvalue weighted by molar-refractivity contribution is 7.91. The third-order valence-corrected chi connectivity index (χ3v) is 8.54. The molecule has 0 N–H and O–H groups in total. The lowest BCUT2D eigenvalue weighted by molar-refractivity contribution is 0.0747. The van der Waals surface area contributed by atoms with E-state index >= 15 is 0 Å². The number of sulfone groups is 1. The van der Waals surface area contributed by atoms with Gasteiger partial charge in [0.1, 0.15) is 0 Å². The summed E-state index contributed by atoms with van der Waals surface area (Å²) in [6.45, 7) is 1.06. The molecule has 0 spiro atoms. The molecule has 7 nitrogen and oxygen atoms in total. The first-order valence-electron chi connectivity index (χ1n) is 8.28. The van der Waals surface area contributed by atoms with E-state index in [2.05, 4.69) is 0 Å². The van der Waals surface area contributed by atoms with E-state index < -0.39 is 19.9 Å². The van der Waals surface area contributed by atoms with Crippen LogP contribution in [0.5, 0.6) is 0 Å². The maximum Gasteiger partial charge on any atom is 0.253 e. The van der Waals surface area contributed by atoms with Gasteiger partial charge in [-0.15, -0.1) is 0 Å². The van der Waals surface area contributed by atoms with Crippen LogP contribution in [0.4, 0.5) is 0 Å². The van der Waals surface area contributed by atoms with E-state index in [1.807, 2.05) is 0 Å². The van der Waals surface area contributed by atoms with Crippen LogP contribution in [0.3, 0.4) is 0 Å². The van der Waals surface area contributed by atoms with Crippen molar-refractivity contribution >= 4 is 25.8 Å². The van der Waals surface area contributed by atoms with Gasteiger partial charge in [-0.3, -0.25) is 4.79 Å². The summed E-state index contributed by atoms with van der Waals surface area (Å²) in [6, 6.07) is 5.54. The lowest BCUT2D eigenvalue weighted by atomic mass is 10.1. The first-order chi connectivity index (χ1) is 11.7. The van der Waals surface area contributed by atoms with Gasteiger partial charge in [-0.1, -0.05) is 0 Å². The fourth-order valence-electron chi connectivity index (χ4n) is 3.30.